The second kappa shape index (κ2) is 14.2. The van der Waals surface area contributed by atoms with Crippen molar-refractivity contribution in [1.82, 2.24) is 0 Å². The van der Waals surface area contributed by atoms with Gasteiger partial charge in [-0.1, -0.05) is 82.2 Å². The van der Waals surface area contributed by atoms with Gasteiger partial charge in [-0.3, -0.25) is 0 Å². The Hall–Kier alpha value is -0.900. The Labute approximate surface area is 161 Å². The van der Waals surface area contributed by atoms with E-state index in [1.807, 2.05) is 6.07 Å². The van der Waals surface area contributed by atoms with Crippen molar-refractivity contribution in [3.63, 3.8) is 0 Å². The maximum atomic E-state index is 9.67. The molecule has 1 rings (SSSR count). The number of aliphatic hydroxyl groups is 2. The largest absolute Gasteiger partial charge is 0.391 e. The van der Waals surface area contributed by atoms with Crippen LogP contribution in [0.3, 0.4) is 0 Å². The molecule has 0 aromatic heterocycles. The van der Waals surface area contributed by atoms with Crippen LogP contribution in [0.4, 0.5) is 0 Å². The molecule has 0 saturated heterocycles. The van der Waals surface area contributed by atoms with Crippen molar-refractivity contribution in [2.24, 2.45) is 0 Å². The van der Waals surface area contributed by atoms with Gasteiger partial charge in [0.25, 0.3) is 0 Å². The fourth-order valence-electron chi connectivity index (χ4n) is 4.06. The summed E-state index contributed by atoms with van der Waals surface area (Å²) in [4.78, 5) is 0. The van der Waals surface area contributed by atoms with Crippen LogP contribution in [0.25, 0.3) is 0 Å². The molecule has 0 fully saturated rings. The zero-order chi connectivity index (χ0) is 19.1. The molecule has 0 heterocycles. The number of hydrogen-bond donors (Lipinski definition) is 2. The lowest BCUT2D eigenvalue weighted by molar-refractivity contribution is -0.962. The number of rotatable bonds is 16. The molecule has 1 aromatic rings. The highest BCUT2D eigenvalue weighted by Crippen LogP contribution is 2.23. The smallest absolute Gasteiger partial charge is 0.105 e. The lowest BCUT2D eigenvalue weighted by Crippen LogP contribution is -2.56. The van der Waals surface area contributed by atoms with Crippen LogP contribution in [0.15, 0.2) is 30.3 Å². The minimum absolute atomic E-state index is 0.175. The maximum absolute atomic E-state index is 9.67. The van der Waals surface area contributed by atoms with Crippen molar-refractivity contribution >= 4 is 0 Å². The molecule has 0 spiro atoms. The highest BCUT2D eigenvalue weighted by molar-refractivity contribution is 5.13. The highest BCUT2D eigenvalue weighted by atomic mass is 16.3. The number of aliphatic hydroxyl groups excluding tert-OH is 2. The summed E-state index contributed by atoms with van der Waals surface area (Å²) in [5.74, 6) is 0. The normalized spacial score (nSPS) is 13.1. The van der Waals surface area contributed by atoms with Crippen LogP contribution in [0.2, 0.25) is 0 Å². The zero-order valence-corrected chi connectivity index (χ0v) is 17.2. The Kier molecular flexibility index (Phi) is 12.6. The van der Waals surface area contributed by atoms with Crippen LogP contribution < -0.4 is 0 Å². The molecule has 0 saturated carbocycles. The van der Waals surface area contributed by atoms with E-state index in [1.165, 1.54) is 63.4 Å². The van der Waals surface area contributed by atoms with Gasteiger partial charge in [-0.25, -0.2) is 0 Å². The molecule has 1 atom stereocenters. The average molecular weight is 365 g/mol. The van der Waals surface area contributed by atoms with Gasteiger partial charge >= 0.3 is 0 Å². The van der Waals surface area contributed by atoms with Crippen LogP contribution in [0.1, 0.15) is 77.2 Å². The lowest BCUT2D eigenvalue weighted by atomic mass is 10.0. The van der Waals surface area contributed by atoms with Gasteiger partial charge < -0.3 is 14.7 Å². The van der Waals surface area contributed by atoms with Gasteiger partial charge in [-0.05, 0) is 19.8 Å². The Morgan fingerprint density at radius 3 is 1.88 bits per heavy atom. The zero-order valence-electron chi connectivity index (χ0n) is 17.2. The van der Waals surface area contributed by atoms with Crippen LogP contribution in [0.5, 0.6) is 0 Å². The summed E-state index contributed by atoms with van der Waals surface area (Å²) in [6.07, 6.45) is 11.9. The first-order valence-corrected chi connectivity index (χ1v) is 10.8. The van der Waals surface area contributed by atoms with E-state index in [9.17, 15) is 10.2 Å². The fourth-order valence-corrected chi connectivity index (χ4v) is 4.06. The van der Waals surface area contributed by atoms with Gasteiger partial charge in [0.05, 0.1) is 19.3 Å². The third-order valence-corrected chi connectivity index (χ3v) is 5.84. The van der Waals surface area contributed by atoms with Crippen molar-refractivity contribution in [3.8, 4) is 0 Å². The molecule has 1 unspecified atom stereocenters. The summed E-state index contributed by atoms with van der Waals surface area (Å²) in [5.41, 5.74) is 1.29. The molecule has 3 nitrogen and oxygen atoms in total. The van der Waals surface area contributed by atoms with Crippen LogP contribution in [-0.2, 0) is 6.54 Å². The Morgan fingerprint density at radius 2 is 1.35 bits per heavy atom. The molecule has 1 aromatic carbocycles. The molecular weight excluding hydrogens is 322 g/mol. The van der Waals surface area contributed by atoms with E-state index >= 15 is 0 Å². The van der Waals surface area contributed by atoms with Crippen LogP contribution in [0, 0.1) is 0 Å². The van der Waals surface area contributed by atoms with Crippen LogP contribution in [-0.4, -0.2) is 47.0 Å². The predicted octanol–water partition coefficient (Wildman–Crippen LogP) is 4.91. The summed E-state index contributed by atoms with van der Waals surface area (Å²) in [6, 6.07) is 11.0. The molecular formula is C23H42NO2+. The summed E-state index contributed by atoms with van der Waals surface area (Å²) >= 11 is 0. The number of nitrogens with zero attached hydrogens (tertiary/aromatic N) is 1. The fraction of sp³-hybridized carbons (Fsp3) is 0.739. The van der Waals surface area contributed by atoms with Gasteiger partial charge in [0, 0.05) is 5.56 Å². The second-order valence-corrected chi connectivity index (χ2v) is 7.87. The second-order valence-electron chi connectivity index (χ2n) is 7.87. The topological polar surface area (TPSA) is 40.5 Å². The van der Waals surface area contributed by atoms with E-state index in [0.717, 1.165) is 11.0 Å². The van der Waals surface area contributed by atoms with E-state index in [-0.39, 0.29) is 13.2 Å². The third-order valence-electron chi connectivity index (χ3n) is 5.84. The maximum Gasteiger partial charge on any atom is 0.105 e. The SMILES string of the molecule is CCCCCCCCCCC(C)[N+](CCO)(CCO)Cc1ccccc1. The first-order valence-electron chi connectivity index (χ1n) is 10.8. The summed E-state index contributed by atoms with van der Waals surface area (Å²) in [5, 5.41) is 19.3. The minimum Gasteiger partial charge on any atom is -0.391 e. The van der Waals surface area contributed by atoms with Gasteiger partial charge in [-0.2, -0.15) is 0 Å². The molecule has 0 aliphatic carbocycles. The van der Waals surface area contributed by atoms with E-state index in [1.54, 1.807) is 0 Å². The first-order chi connectivity index (χ1) is 12.7. The van der Waals surface area contributed by atoms with Crippen molar-refractivity contribution in [2.45, 2.75) is 84.2 Å². The summed E-state index contributed by atoms with van der Waals surface area (Å²) in [6.45, 7) is 7.24. The number of hydrogen-bond acceptors (Lipinski definition) is 2. The highest BCUT2D eigenvalue weighted by Gasteiger charge is 2.33. The molecule has 0 amide bonds. The monoisotopic (exact) mass is 364 g/mol. The average Bonchev–Trinajstić information content (AvgIpc) is 2.65. The molecule has 0 bridgehead atoms. The quantitative estimate of drug-likeness (QED) is 0.323. The Balaban J connectivity index is 2.51. The molecule has 3 heteroatoms. The molecule has 0 aliphatic heterocycles. The number of quaternary nitrogens is 1. The van der Waals surface area contributed by atoms with Gasteiger partial charge in [0.2, 0.25) is 0 Å². The third kappa shape index (κ3) is 8.66. The molecule has 26 heavy (non-hydrogen) atoms. The summed E-state index contributed by atoms with van der Waals surface area (Å²) < 4.78 is 0.785. The Bertz CT molecular complexity index is 429. The molecule has 150 valence electrons. The summed E-state index contributed by atoms with van der Waals surface area (Å²) in [7, 11) is 0. The van der Waals surface area contributed by atoms with Crippen molar-refractivity contribution in [3.05, 3.63) is 35.9 Å². The molecule has 0 aliphatic rings. The number of unbranched alkanes of at least 4 members (excludes halogenated alkanes) is 7. The van der Waals surface area contributed by atoms with Crippen molar-refractivity contribution in [2.75, 3.05) is 26.3 Å². The molecule has 2 N–H and O–H groups in total. The van der Waals surface area contributed by atoms with Gasteiger partial charge in [0.1, 0.15) is 19.6 Å². The van der Waals surface area contributed by atoms with Crippen LogP contribution >= 0.6 is 0 Å². The standard InChI is InChI=1S/C23H42NO2/c1-3-4-5-6-7-8-9-11-14-22(2)24(17-19-25,18-20-26)21-23-15-12-10-13-16-23/h10,12-13,15-16,22,25-26H,3-9,11,14,17-21H2,1-2H3/q+1. The molecule has 0 radical (unpaired) electrons. The van der Waals surface area contributed by atoms with Crippen molar-refractivity contribution in [1.29, 1.82) is 0 Å². The lowest BCUT2D eigenvalue weighted by Gasteiger charge is -2.43. The van der Waals surface area contributed by atoms with E-state index < -0.39 is 0 Å². The minimum atomic E-state index is 0.175. The predicted molar refractivity (Wildman–Crippen MR) is 111 cm³/mol. The van der Waals surface area contributed by atoms with E-state index in [2.05, 4.69) is 38.1 Å². The Morgan fingerprint density at radius 1 is 0.808 bits per heavy atom. The first kappa shape index (κ1) is 23.1. The van der Waals surface area contributed by atoms with Gasteiger partial charge in [0.15, 0.2) is 0 Å². The number of benzene rings is 1. The van der Waals surface area contributed by atoms with Crippen molar-refractivity contribution < 1.29 is 14.7 Å². The van der Waals surface area contributed by atoms with E-state index in [4.69, 9.17) is 0 Å². The van der Waals surface area contributed by atoms with E-state index in [0.29, 0.717) is 19.1 Å². The van der Waals surface area contributed by atoms with Gasteiger partial charge in [-0.15, -0.1) is 0 Å².